The van der Waals surface area contributed by atoms with Crippen molar-refractivity contribution < 1.29 is 5.11 Å². The maximum atomic E-state index is 10.6. The van der Waals surface area contributed by atoms with Crippen molar-refractivity contribution in [2.75, 3.05) is 13.1 Å². The SMILES string of the molecule is Cc1ccc(C)c(C(C)(O)CCNCC(C)C)c1. The number of hydrogen-bond acceptors (Lipinski definition) is 2. The van der Waals surface area contributed by atoms with E-state index < -0.39 is 5.60 Å². The van der Waals surface area contributed by atoms with Crippen molar-refractivity contribution in [3.8, 4) is 0 Å². The summed E-state index contributed by atoms with van der Waals surface area (Å²) in [5.41, 5.74) is 2.66. The zero-order chi connectivity index (χ0) is 13.8. The molecule has 1 rings (SSSR count). The van der Waals surface area contributed by atoms with Crippen molar-refractivity contribution >= 4 is 0 Å². The minimum Gasteiger partial charge on any atom is -0.385 e. The van der Waals surface area contributed by atoms with Crippen LogP contribution in [0.4, 0.5) is 0 Å². The molecule has 1 aromatic carbocycles. The zero-order valence-corrected chi connectivity index (χ0v) is 12.4. The summed E-state index contributed by atoms with van der Waals surface area (Å²) in [6.45, 7) is 12.3. The van der Waals surface area contributed by atoms with Crippen LogP contribution >= 0.6 is 0 Å². The lowest BCUT2D eigenvalue weighted by molar-refractivity contribution is 0.0472. The smallest absolute Gasteiger partial charge is 0.0883 e. The van der Waals surface area contributed by atoms with E-state index in [1.165, 1.54) is 5.56 Å². The number of hydrogen-bond donors (Lipinski definition) is 2. The number of aryl methyl sites for hydroxylation is 2. The topological polar surface area (TPSA) is 32.3 Å². The first-order valence-electron chi connectivity index (χ1n) is 6.84. The Morgan fingerprint density at radius 1 is 1.28 bits per heavy atom. The summed E-state index contributed by atoms with van der Waals surface area (Å²) in [6.07, 6.45) is 0.740. The standard InChI is InChI=1S/C16H27NO/c1-12(2)11-17-9-8-16(5,18)15-10-13(3)6-7-14(15)4/h6-7,10,12,17-18H,8-9,11H2,1-5H3. The number of nitrogens with one attached hydrogen (secondary N) is 1. The van der Waals surface area contributed by atoms with E-state index in [1.54, 1.807) is 0 Å². The van der Waals surface area contributed by atoms with E-state index in [-0.39, 0.29) is 0 Å². The van der Waals surface area contributed by atoms with Gasteiger partial charge in [0.25, 0.3) is 0 Å². The molecule has 0 spiro atoms. The van der Waals surface area contributed by atoms with Gasteiger partial charge in [0.1, 0.15) is 0 Å². The monoisotopic (exact) mass is 249 g/mol. The van der Waals surface area contributed by atoms with Crippen LogP contribution in [0.5, 0.6) is 0 Å². The Bertz CT molecular complexity index is 383. The van der Waals surface area contributed by atoms with Crippen molar-refractivity contribution in [1.29, 1.82) is 0 Å². The molecule has 102 valence electrons. The van der Waals surface area contributed by atoms with Crippen LogP contribution in [-0.4, -0.2) is 18.2 Å². The highest BCUT2D eigenvalue weighted by molar-refractivity contribution is 5.34. The highest BCUT2D eigenvalue weighted by Gasteiger charge is 2.24. The third-order valence-electron chi connectivity index (χ3n) is 3.31. The summed E-state index contributed by atoms with van der Waals surface area (Å²) in [7, 11) is 0. The molecule has 0 fully saturated rings. The van der Waals surface area contributed by atoms with Crippen LogP contribution in [0.25, 0.3) is 0 Å². The van der Waals surface area contributed by atoms with Crippen LogP contribution in [0.15, 0.2) is 18.2 Å². The van der Waals surface area contributed by atoms with Crippen molar-refractivity contribution in [3.05, 3.63) is 34.9 Å². The third kappa shape index (κ3) is 4.43. The molecule has 18 heavy (non-hydrogen) atoms. The van der Waals surface area contributed by atoms with Crippen LogP contribution in [0, 0.1) is 19.8 Å². The normalized spacial score (nSPS) is 14.8. The lowest BCUT2D eigenvalue weighted by Crippen LogP contribution is -2.30. The second-order valence-corrected chi connectivity index (χ2v) is 5.94. The Balaban J connectivity index is 2.64. The quantitative estimate of drug-likeness (QED) is 0.759. The molecule has 1 atom stereocenters. The average molecular weight is 249 g/mol. The number of rotatable bonds is 6. The Labute approximate surface area is 111 Å². The lowest BCUT2D eigenvalue weighted by Gasteiger charge is -2.26. The molecule has 0 heterocycles. The van der Waals surface area contributed by atoms with Gasteiger partial charge in [-0.05, 0) is 57.3 Å². The summed E-state index contributed by atoms with van der Waals surface area (Å²) in [4.78, 5) is 0. The van der Waals surface area contributed by atoms with E-state index in [2.05, 4.69) is 51.2 Å². The fourth-order valence-electron chi connectivity index (χ4n) is 2.17. The minimum absolute atomic E-state index is 0.649. The molecule has 2 N–H and O–H groups in total. The van der Waals surface area contributed by atoms with Crippen LogP contribution in [0.2, 0.25) is 0 Å². The van der Waals surface area contributed by atoms with Crippen molar-refractivity contribution in [1.82, 2.24) is 5.32 Å². The van der Waals surface area contributed by atoms with Crippen LogP contribution in [0.3, 0.4) is 0 Å². The summed E-state index contributed by atoms with van der Waals surface area (Å²) in [5, 5.41) is 14.0. The molecular weight excluding hydrogens is 222 g/mol. The van der Waals surface area contributed by atoms with Gasteiger partial charge in [0.2, 0.25) is 0 Å². The molecule has 2 nitrogen and oxygen atoms in total. The molecule has 0 aliphatic carbocycles. The van der Waals surface area contributed by atoms with Gasteiger partial charge < -0.3 is 10.4 Å². The van der Waals surface area contributed by atoms with Gasteiger partial charge >= 0.3 is 0 Å². The molecule has 0 amide bonds. The van der Waals surface area contributed by atoms with E-state index >= 15 is 0 Å². The summed E-state index contributed by atoms with van der Waals surface area (Å²) < 4.78 is 0. The van der Waals surface area contributed by atoms with Gasteiger partial charge in [-0.3, -0.25) is 0 Å². The maximum Gasteiger partial charge on any atom is 0.0883 e. The van der Waals surface area contributed by atoms with Gasteiger partial charge in [-0.1, -0.05) is 37.6 Å². The molecule has 0 aliphatic rings. The summed E-state index contributed by atoms with van der Waals surface area (Å²) >= 11 is 0. The number of benzene rings is 1. The molecule has 0 saturated carbocycles. The van der Waals surface area contributed by atoms with E-state index in [1.807, 2.05) is 6.92 Å². The lowest BCUT2D eigenvalue weighted by atomic mass is 9.88. The Kier molecular flexibility index (Phi) is 5.36. The highest BCUT2D eigenvalue weighted by atomic mass is 16.3. The van der Waals surface area contributed by atoms with Gasteiger partial charge in [-0.25, -0.2) is 0 Å². The van der Waals surface area contributed by atoms with E-state index in [0.717, 1.165) is 30.6 Å². The van der Waals surface area contributed by atoms with Gasteiger partial charge in [0.15, 0.2) is 0 Å². The Hall–Kier alpha value is -0.860. The molecule has 1 unspecified atom stereocenters. The second kappa shape index (κ2) is 6.35. The third-order valence-corrected chi connectivity index (χ3v) is 3.31. The van der Waals surface area contributed by atoms with Crippen molar-refractivity contribution in [2.24, 2.45) is 5.92 Å². The molecule has 0 aromatic heterocycles. The van der Waals surface area contributed by atoms with Gasteiger partial charge in [0, 0.05) is 0 Å². The summed E-state index contributed by atoms with van der Waals surface area (Å²) in [6, 6.07) is 6.27. The van der Waals surface area contributed by atoms with Gasteiger partial charge in [-0.15, -0.1) is 0 Å². The molecule has 1 aromatic rings. The van der Waals surface area contributed by atoms with E-state index in [4.69, 9.17) is 0 Å². The van der Waals surface area contributed by atoms with Crippen LogP contribution in [-0.2, 0) is 5.60 Å². The largest absolute Gasteiger partial charge is 0.385 e. The second-order valence-electron chi connectivity index (χ2n) is 5.94. The first-order valence-corrected chi connectivity index (χ1v) is 6.84. The zero-order valence-electron chi connectivity index (χ0n) is 12.4. The van der Waals surface area contributed by atoms with Gasteiger partial charge in [0.05, 0.1) is 5.60 Å². The molecule has 0 radical (unpaired) electrons. The van der Waals surface area contributed by atoms with E-state index in [9.17, 15) is 5.11 Å². The van der Waals surface area contributed by atoms with E-state index in [0.29, 0.717) is 5.92 Å². The number of aliphatic hydroxyl groups is 1. The average Bonchev–Trinajstić information content (AvgIpc) is 2.27. The van der Waals surface area contributed by atoms with Crippen LogP contribution < -0.4 is 5.32 Å². The predicted molar refractivity (Wildman–Crippen MR) is 77.8 cm³/mol. The fourth-order valence-corrected chi connectivity index (χ4v) is 2.17. The Morgan fingerprint density at radius 3 is 2.56 bits per heavy atom. The molecule has 0 aliphatic heterocycles. The fraction of sp³-hybridized carbons (Fsp3) is 0.625. The van der Waals surface area contributed by atoms with Gasteiger partial charge in [-0.2, -0.15) is 0 Å². The molecule has 2 heteroatoms. The minimum atomic E-state index is -0.750. The molecular formula is C16H27NO. The van der Waals surface area contributed by atoms with Crippen LogP contribution in [0.1, 0.15) is 43.9 Å². The first-order chi connectivity index (χ1) is 8.33. The molecule has 0 saturated heterocycles. The maximum absolute atomic E-state index is 10.6. The highest BCUT2D eigenvalue weighted by Crippen LogP contribution is 2.27. The first kappa shape index (κ1) is 15.2. The summed E-state index contributed by atoms with van der Waals surface area (Å²) in [5.74, 6) is 0.649. The predicted octanol–water partition coefficient (Wildman–Crippen LogP) is 3.15. The van der Waals surface area contributed by atoms with Crippen molar-refractivity contribution in [2.45, 2.75) is 46.6 Å². The Morgan fingerprint density at radius 2 is 1.94 bits per heavy atom. The van der Waals surface area contributed by atoms with Crippen molar-refractivity contribution in [3.63, 3.8) is 0 Å². The molecule has 0 bridgehead atoms.